The largest absolute Gasteiger partial charge is 0.493 e. The van der Waals surface area contributed by atoms with Gasteiger partial charge in [0.2, 0.25) is 5.91 Å². The number of hydrogen-bond acceptors (Lipinski definition) is 3. The second kappa shape index (κ2) is 7.14. The van der Waals surface area contributed by atoms with Crippen molar-refractivity contribution in [3.63, 3.8) is 0 Å². The lowest BCUT2D eigenvalue weighted by atomic mass is 10.1. The molecule has 0 aliphatic heterocycles. The van der Waals surface area contributed by atoms with Gasteiger partial charge >= 0.3 is 6.18 Å². The minimum Gasteiger partial charge on any atom is -0.493 e. The summed E-state index contributed by atoms with van der Waals surface area (Å²) in [7, 11) is 1.50. The van der Waals surface area contributed by atoms with Gasteiger partial charge in [-0.05, 0) is 24.1 Å². The van der Waals surface area contributed by atoms with Crippen LogP contribution in [0.2, 0.25) is 0 Å². The van der Waals surface area contributed by atoms with Gasteiger partial charge < -0.3 is 15.8 Å². The van der Waals surface area contributed by atoms with E-state index in [9.17, 15) is 18.0 Å². The molecule has 0 heterocycles. The van der Waals surface area contributed by atoms with Crippen LogP contribution in [0.25, 0.3) is 0 Å². The van der Waals surface area contributed by atoms with Crippen molar-refractivity contribution in [2.24, 2.45) is 5.73 Å². The maximum absolute atomic E-state index is 12.9. The van der Waals surface area contributed by atoms with Crippen molar-refractivity contribution in [2.45, 2.75) is 25.6 Å². The highest BCUT2D eigenvalue weighted by atomic mass is 19.4. The number of carbonyl (C=O) groups excluding carboxylic acids is 1. The second-order valence-electron chi connectivity index (χ2n) is 4.16. The lowest BCUT2D eigenvalue weighted by Crippen LogP contribution is -2.18. The van der Waals surface area contributed by atoms with Crippen LogP contribution in [0.3, 0.4) is 0 Å². The van der Waals surface area contributed by atoms with Crippen LogP contribution in [0.15, 0.2) is 18.2 Å². The summed E-state index contributed by atoms with van der Waals surface area (Å²) in [5.74, 6) is -0.422. The molecule has 1 aromatic rings. The number of halogens is 3. The molecule has 3 N–H and O–H groups in total. The highest BCUT2D eigenvalue weighted by Gasteiger charge is 2.34. The molecule has 0 bridgehead atoms. The summed E-state index contributed by atoms with van der Waals surface area (Å²) in [5.41, 5.74) is 4.87. The van der Waals surface area contributed by atoms with Crippen LogP contribution < -0.4 is 15.8 Å². The van der Waals surface area contributed by atoms with Crippen molar-refractivity contribution >= 4 is 5.91 Å². The first-order valence-electron chi connectivity index (χ1n) is 6.12. The smallest absolute Gasteiger partial charge is 0.419 e. The lowest BCUT2D eigenvalue weighted by molar-refractivity contribution is -0.139. The Bertz CT molecular complexity index is 461. The Balaban J connectivity index is 2.72. The average molecular weight is 290 g/mol. The van der Waals surface area contributed by atoms with Gasteiger partial charge in [-0.25, -0.2) is 0 Å². The molecule has 1 aromatic carbocycles. The predicted octanol–water partition coefficient (Wildman–Crippen LogP) is 2.07. The molecule has 0 aliphatic rings. The van der Waals surface area contributed by atoms with Gasteiger partial charge in [0, 0.05) is 20.0 Å². The molecule has 0 saturated carbocycles. The molecule has 0 aromatic heterocycles. The zero-order valence-electron chi connectivity index (χ0n) is 11.1. The molecule has 0 atom stereocenters. The summed E-state index contributed by atoms with van der Waals surface area (Å²) in [6, 6.07) is 3.72. The van der Waals surface area contributed by atoms with Gasteiger partial charge in [0.1, 0.15) is 5.75 Å². The van der Waals surface area contributed by atoms with E-state index < -0.39 is 11.7 Å². The first kappa shape index (κ1) is 16.3. The number of alkyl halides is 3. The van der Waals surface area contributed by atoms with Crippen molar-refractivity contribution in [1.29, 1.82) is 0 Å². The zero-order valence-corrected chi connectivity index (χ0v) is 11.1. The maximum Gasteiger partial charge on any atom is 0.419 e. The Labute approximate surface area is 115 Å². The molecule has 1 amide bonds. The van der Waals surface area contributed by atoms with E-state index >= 15 is 0 Å². The molecule has 0 spiro atoms. The van der Waals surface area contributed by atoms with Crippen LogP contribution >= 0.6 is 0 Å². The molecule has 4 nitrogen and oxygen atoms in total. The monoisotopic (exact) mass is 290 g/mol. The number of nitrogens with two attached hydrogens (primary N) is 1. The Morgan fingerprint density at radius 2 is 2.10 bits per heavy atom. The van der Waals surface area contributed by atoms with Gasteiger partial charge in [-0.1, -0.05) is 6.07 Å². The fourth-order valence-electron chi connectivity index (χ4n) is 1.59. The van der Waals surface area contributed by atoms with E-state index in [1.165, 1.54) is 19.2 Å². The Morgan fingerprint density at radius 1 is 1.40 bits per heavy atom. The van der Waals surface area contributed by atoms with E-state index in [0.717, 1.165) is 6.07 Å². The summed E-state index contributed by atoms with van der Waals surface area (Å²) in [5, 5.41) is 2.43. The molecule has 0 radical (unpaired) electrons. The summed E-state index contributed by atoms with van der Waals surface area (Å²) >= 11 is 0. The van der Waals surface area contributed by atoms with E-state index in [1.807, 2.05) is 0 Å². The average Bonchev–Trinajstić information content (AvgIpc) is 2.42. The maximum atomic E-state index is 12.9. The summed E-state index contributed by atoms with van der Waals surface area (Å²) < 4.78 is 43.7. The van der Waals surface area contributed by atoms with E-state index in [0.29, 0.717) is 12.0 Å². The number of hydrogen-bond donors (Lipinski definition) is 2. The molecule has 1 rings (SSSR count). The van der Waals surface area contributed by atoms with Crippen molar-refractivity contribution in [3.05, 3.63) is 29.3 Å². The number of nitrogens with one attached hydrogen (secondary N) is 1. The van der Waals surface area contributed by atoms with Crippen molar-refractivity contribution in [3.8, 4) is 5.75 Å². The number of benzene rings is 1. The van der Waals surface area contributed by atoms with Gasteiger partial charge in [0.25, 0.3) is 0 Å². The number of rotatable bonds is 6. The summed E-state index contributed by atoms with van der Waals surface area (Å²) in [6.45, 7) is 0.0680. The van der Waals surface area contributed by atoms with Gasteiger partial charge in [0.15, 0.2) is 0 Å². The van der Waals surface area contributed by atoms with Gasteiger partial charge in [-0.2, -0.15) is 13.2 Å². The first-order chi connectivity index (χ1) is 9.38. The summed E-state index contributed by atoms with van der Waals surface area (Å²) in [6.07, 6.45) is -3.95. The van der Waals surface area contributed by atoms with Gasteiger partial charge in [0.05, 0.1) is 12.2 Å². The number of amides is 1. The van der Waals surface area contributed by atoms with E-state index in [2.05, 4.69) is 5.32 Å². The van der Waals surface area contributed by atoms with E-state index in [-0.39, 0.29) is 31.2 Å². The third-order valence-corrected chi connectivity index (χ3v) is 2.67. The van der Waals surface area contributed by atoms with Crippen molar-refractivity contribution < 1.29 is 22.7 Å². The standard InChI is InChI=1S/C13H17F3N2O2/c1-18-12(19)3-2-6-20-11-5-4-9(8-17)7-10(11)13(14,15)16/h4-5,7H,2-3,6,8,17H2,1H3,(H,18,19). The topological polar surface area (TPSA) is 64.3 Å². The predicted molar refractivity (Wildman–Crippen MR) is 68.1 cm³/mol. The fourth-order valence-corrected chi connectivity index (χ4v) is 1.59. The van der Waals surface area contributed by atoms with Crippen LogP contribution in [0.4, 0.5) is 13.2 Å². The number of ether oxygens (including phenoxy) is 1. The third-order valence-electron chi connectivity index (χ3n) is 2.67. The Morgan fingerprint density at radius 3 is 2.65 bits per heavy atom. The Hall–Kier alpha value is -1.76. The zero-order chi connectivity index (χ0) is 15.2. The summed E-state index contributed by atoms with van der Waals surface area (Å²) in [4.78, 5) is 11.0. The highest BCUT2D eigenvalue weighted by molar-refractivity contribution is 5.75. The van der Waals surface area contributed by atoms with Crippen LogP contribution in [0.5, 0.6) is 5.75 Å². The highest BCUT2D eigenvalue weighted by Crippen LogP contribution is 2.36. The van der Waals surface area contributed by atoms with Crippen LogP contribution in [0.1, 0.15) is 24.0 Å². The number of carbonyl (C=O) groups is 1. The van der Waals surface area contributed by atoms with Crippen LogP contribution in [-0.2, 0) is 17.5 Å². The van der Waals surface area contributed by atoms with Gasteiger partial charge in [-0.3, -0.25) is 4.79 Å². The molecule has 0 aliphatic carbocycles. The first-order valence-corrected chi connectivity index (χ1v) is 6.12. The minimum absolute atomic E-state index is 0.0278. The molecule has 20 heavy (non-hydrogen) atoms. The fraction of sp³-hybridized carbons (Fsp3) is 0.462. The van der Waals surface area contributed by atoms with Crippen LogP contribution in [-0.4, -0.2) is 19.6 Å². The molecule has 0 saturated heterocycles. The lowest BCUT2D eigenvalue weighted by Gasteiger charge is -2.15. The molecule has 0 fully saturated rings. The van der Waals surface area contributed by atoms with Crippen molar-refractivity contribution in [1.82, 2.24) is 5.32 Å². The molecular formula is C13H17F3N2O2. The molecular weight excluding hydrogens is 273 g/mol. The second-order valence-corrected chi connectivity index (χ2v) is 4.16. The molecule has 112 valence electrons. The SMILES string of the molecule is CNC(=O)CCCOc1ccc(CN)cc1C(F)(F)F. The van der Waals surface area contributed by atoms with Crippen molar-refractivity contribution in [2.75, 3.05) is 13.7 Å². The van der Waals surface area contributed by atoms with Gasteiger partial charge in [-0.15, -0.1) is 0 Å². The third kappa shape index (κ3) is 4.73. The Kier molecular flexibility index (Phi) is 5.82. The van der Waals surface area contributed by atoms with Crippen LogP contribution in [0, 0.1) is 0 Å². The molecule has 0 unspecified atom stereocenters. The molecule has 7 heteroatoms. The quantitative estimate of drug-likeness (QED) is 0.788. The van der Waals surface area contributed by atoms with E-state index in [1.54, 1.807) is 0 Å². The normalized spacial score (nSPS) is 11.2. The minimum atomic E-state index is -4.50. The van der Waals surface area contributed by atoms with E-state index in [4.69, 9.17) is 10.5 Å².